The monoisotopic (exact) mass is 293 g/mol. The molecule has 0 radical (unpaired) electrons. The molecule has 6 nitrogen and oxygen atoms in total. The lowest BCUT2D eigenvalue weighted by Gasteiger charge is -2.06. The van der Waals surface area contributed by atoms with Crippen molar-refractivity contribution in [3.05, 3.63) is 45.0 Å². The van der Waals surface area contributed by atoms with E-state index in [1.807, 2.05) is 6.92 Å². The van der Waals surface area contributed by atoms with E-state index in [0.717, 1.165) is 16.6 Å². The van der Waals surface area contributed by atoms with E-state index < -0.39 is 4.92 Å². The van der Waals surface area contributed by atoms with Gasteiger partial charge in [-0.15, -0.1) is 0 Å². The van der Waals surface area contributed by atoms with Crippen LogP contribution >= 0.6 is 11.3 Å². The van der Waals surface area contributed by atoms with Crippen LogP contribution in [0.5, 0.6) is 5.75 Å². The summed E-state index contributed by atoms with van der Waals surface area (Å²) < 4.78 is 5.56. The van der Waals surface area contributed by atoms with Crippen molar-refractivity contribution in [2.24, 2.45) is 0 Å². The number of anilines is 1. The third-order valence-electron chi connectivity index (χ3n) is 2.63. The summed E-state index contributed by atoms with van der Waals surface area (Å²) in [5.41, 5.74) is 0.606. The maximum atomic E-state index is 11.0. The van der Waals surface area contributed by atoms with Gasteiger partial charge < -0.3 is 10.1 Å². The van der Waals surface area contributed by atoms with Crippen LogP contribution in [-0.2, 0) is 6.61 Å². The molecule has 0 spiro atoms. The molecule has 106 valence electrons. The molecule has 0 atom stereocenters. The molecular weight excluding hydrogens is 278 g/mol. The smallest absolute Gasteiger partial charge is 0.313 e. The van der Waals surface area contributed by atoms with Gasteiger partial charge in [-0.1, -0.05) is 23.5 Å². The third-order valence-corrected chi connectivity index (χ3v) is 3.56. The summed E-state index contributed by atoms with van der Waals surface area (Å²) in [6, 6.07) is 5.05. The number of ether oxygens (including phenoxy) is 1. The van der Waals surface area contributed by atoms with E-state index in [1.165, 1.54) is 11.3 Å². The highest BCUT2D eigenvalue weighted by Gasteiger charge is 2.18. The summed E-state index contributed by atoms with van der Waals surface area (Å²) in [4.78, 5) is 15.7. The first-order valence-electron chi connectivity index (χ1n) is 6.17. The van der Waals surface area contributed by atoms with Crippen molar-refractivity contribution >= 4 is 22.2 Å². The zero-order valence-electron chi connectivity index (χ0n) is 11.3. The second-order valence-electron chi connectivity index (χ2n) is 4.13. The minimum atomic E-state index is -0.415. The van der Waals surface area contributed by atoms with Crippen molar-refractivity contribution in [2.45, 2.75) is 20.5 Å². The van der Waals surface area contributed by atoms with Crippen molar-refractivity contribution in [3.63, 3.8) is 0 Å². The van der Waals surface area contributed by atoms with Gasteiger partial charge in [0.1, 0.15) is 6.61 Å². The maximum absolute atomic E-state index is 11.0. The van der Waals surface area contributed by atoms with Gasteiger partial charge in [0, 0.05) is 18.3 Å². The average molecular weight is 293 g/mol. The van der Waals surface area contributed by atoms with Crippen LogP contribution in [0.1, 0.15) is 17.4 Å². The lowest BCUT2D eigenvalue weighted by atomic mass is 10.2. The van der Waals surface area contributed by atoms with Gasteiger partial charge >= 0.3 is 5.69 Å². The highest BCUT2D eigenvalue weighted by atomic mass is 32.1. The Bertz CT molecular complexity index is 613. The summed E-state index contributed by atoms with van der Waals surface area (Å²) in [6.07, 6.45) is 1.71. The number of nitrogens with zero attached hydrogens (tertiary/aromatic N) is 2. The summed E-state index contributed by atoms with van der Waals surface area (Å²) in [5.74, 6) is 0.286. The maximum Gasteiger partial charge on any atom is 0.313 e. The van der Waals surface area contributed by atoms with Crippen molar-refractivity contribution in [1.29, 1.82) is 0 Å². The molecule has 0 amide bonds. The molecule has 0 unspecified atom stereocenters. The number of thiazole rings is 1. The molecule has 1 heterocycles. The molecule has 7 heteroatoms. The number of nitrogens with one attached hydrogen (secondary N) is 1. The van der Waals surface area contributed by atoms with Gasteiger partial charge in [-0.05, 0) is 19.9 Å². The van der Waals surface area contributed by atoms with E-state index in [-0.39, 0.29) is 18.0 Å². The third kappa shape index (κ3) is 3.24. The molecule has 0 saturated heterocycles. The zero-order valence-corrected chi connectivity index (χ0v) is 12.1. The lowest BCUT2D eigenvalue weighted by Crippen LogP contribution is -1.99. The SMILES string of the molecule is CCNc1ncc(COc2cccc(C)c2[N+](=O)[O-])s1. The van der Waals surface area contributed by atoms with Crippen LogP contribution in [0, 0.1) is 17.0 Å². The van der Waals surface area contributed by atoms with Crippen molar-refractivity contribution < 1.29 is 9.66 Å². The number of para-hydroxylation sites is 1. The van der Waals surface area contributed by atoms with Crippen LogP contribution < -0.4 is 10.1 Å². The summed E-state index contributed by atoms with van der Waals surface area (Å²) in [6.45, 7) is 4.76. The van der Waals surface area contributed by atoms with Crippen molar-refractivity contribution in [2.75, 3.05) is 11.9 Å². The molecule has 0 fully saturated rings. The Morgan fingerprint density at radius 3 is 3.00 bits per heavy atom. The topological polar surface area (TPSA) is 77.3 Å². The predicted octanol–water partition coefficient (Wildman–Crippen LogP) is 3.37. The fraction of sp³-hybridized carbons (Fsp3) is 0.308. The predicted molar refractivity (Wildman–Crippen MR) is 78.4 cm³/mol. The van der Waals surface area contributed by atoms with E-state index >= 15 is 0 Å². The summed E-state index contributed by atoms with van der Waals surface area (Å²) >= 11 is 1.48. The molecule has 0 saturated carbocycles. The minimum absolute atomic E-state index is 0.0175. The van der Waals surface area contributed by atoms with Gasteiger partial charge in [0.25, 0.3) is 0 Å². The molecule has 0 aliphatic rings. The van der Waals surface area contributed by atoms with Crippen LogP contribution in [0.2, 0.25) is 0 Å². The molecule has 0 aliphatic heterocycles. The van der Waals surface area contributed by atoms with E-state index in [2.05, 4.69) is 10.3 Å². The minimum Gasteiger partial charge on any atom is -0.481 e. The van der Waals surface area contributed by atoms with E-state index in [0.29, 0.717) is 5.56 Å². The largest absolute Gasteiger partial charge is 0.481 e. The molecule has 0 aliphatic carbocycles. The second-order valence-corrected chi connectivity index (χ2v) is 5.24. The number of hydrogen-bond acceptors (Lipinski definition) is 6. The van der Waals surface area contributed by atoms with Crippen LogP contribution in [0.25, 0.3) is 0 Å². The molecule has 1 aromatic carbocycles. The van der Waals surface area contributed by atoms with Crippen LogP contribution in [-0.4, -0.2) is 16.5 Å². The van der Waals surface area contributed by atoms with Gasteiger partial charge in [0.2, 0.25) is 0 Å². The number of aromatic nitrogens is 1. The lowest BCUT2D eigenvalue weighted by molar-refractivity contribution is -0.386. The second kappa shape index (κ2) is 6.33. The van der Waals surface area contributed by atoms with Gasteiger partial charge in [0.15, 0.2) is 10.9 Å². The van der Waals surface area contributed by atoms with Gasteiger partial charge in [0.05, 0.1) is 9.80 Å². The molecular formula is C13H15N3O3S. The zero-order chi connectivity index (χ0) is 14.5. The summed E-state index contributed by atoms with van der Waals surface area (Å²) in [5, 5.41) is 15.0. The first-order chi connectivity index (χ1) is 9.61. The Balaban J connectivity index is 2.10. The number of aryl methyl sites for hydroxylation is 1. The number of rotatable bonds is 6. The van der Waals surface area contributed by atoms with Crippen LogP contribution in [0.4, 0.5) is 10.8 Å². The van der Waals surface area contributed by atoms with E-state index in [1.54, 1.807) is 31.3 Å². The number of nitro groups is 1. The molecule has 0 bridgehead atoms. The quantitative estimate of drug-likeness (QED) is 0.652. The van der Waals surface area contributed by atoms with Crippen molar-refractivity contribution in [3.8, 4) is 5.75 Å². The van der Waals surface area contributed by atoms with Crippen LogP contribution in [0.3, 0.4) is 0 Å². The number of benzene rings is 1. The van der Waals surface area contributed by atoms with E-state index in [4.69, 9.17) is 4.74 Å². The number of hydrogen-bond donors (Lipinski definition) is 1. The molecule has 1 N–H and O–H groups in total. The molecule has 2 rings (SSSR count). The first kappa shape index (κ1) is 14.3. The molecule has 20 heavy (non-hydrogen) atoms. The fourth-order valence-electron chi connectivity index (χ4n) is 1.74. The standard InChI is InChI=1S/C13H15N3O3S/c1-3-14-13-15-7-10(20-13)8-19-11-6-4-5-9(2)12(11)16(17)18/h4-7H,3,8H2,1-2H3,(H,14,15). The number of nitro benzene ring substituents is 1. The average Bonchev–Trinajstić information content (AvgIpc) is 2.84. The fourth-order valence-corrected chi connectivity index (χ4v) is 2.53. The molecule has 1 aromatic heterocycles. The van der Waals surface area contributed by atoms with Crippen LogP contribution in [0.15, 0.2) is 24.4 Å². The Kier molecular flexibility index (Phi) is 4.52. The Labute approximate surface area is 120 Å². The first-order valence-corrected chi connectivity index (χ1v) is 6.99. The van der Waals surface area contributed by atoms with Gasteiger partial charge in [-0.3, -0.25) is 10.1 Å². The summed E-state index contributed by atoms with van der Waals surface area (Å²) in [7, 11) is 0. The Morgan fingerprint density at radius 1 is 1.50 bits per heavy atom. The highest BCUT2D eigenvalue weighted by Crippen LogP contribution is 2.31. The molecule has 2 aromatic rings. The highest BCUT2D eigenvalue weighted by molar-refractivity contribution is 7.15. The Hall–Kier alpha value is -2.15. The normalized spacial score (nSPS) is 10.3. The van der Waals surface area contributed by atoms with Gasteiger partial charge in [-0.25, -0.2) is 4.98 Å². The van der Waals surface area contributed by atoms with E-state index in [9.17, 15) is 10.1 Å². The van der Waals surface area contributed by atoms with Gasteiger partial charge in [-0.2, -0.15) is 0 Å². The van der Waals surface area contributed by atoms with Crippen molar-refractivity contribution in [1.82, 2.24) is 4.98 Å². The Morgan fingerprint density at radius 2 is 2.30 bits per heavy atom.